The number of hydrogen-bond acceptors (Lipinski definition) is 2. The van der Waals surface area contributed by atoms with E-state index in [4.69, 9.17) is 0 Å². The molecule has 0 unspecified atom stereocenters. The fourth-order valence-electron chi connectivity index (χ4n) is 2.43. The summed E-state index contributed by atoms with van der Waals surface area (Å²) in [6, 6.07) is 6.04. The quantitative estimate of drug-likeness (QED) is 0.503. The first-order valence-electron chi connectivity index (χ1n) is 7.15. The Kier molecular flexibility index (Phi) is 7.77. The van der Waals surface area contributed by atoms with Gasteiger partial charge in [-0.3, -0.25) is 4.79 Å². The number of pyridine rings is 1. The largest absolute Gasteiger partial charge is 1.00 e. The SMILES string of the molecule is O=C(CCCC[n+]1ccccc1)N1CCC(O)CC1.[Br-]. The van der Waals surface area contributed by atoms with Crippen molar-refractivity contribution in [2.75, 3.05) is 13.1 Å². The van der Waals surface area contributed by atoms with E-state index in [1.807, 2.05) is 35.5 Å². The lowest BCUT2D eigenvalue weighted by molar-refractivity contribution is -0.697. The summed E-state index contributed by atoms with van der Waals surface area (Å²) in [6.45, 7) is 2.40. The molecule has 1 aliphatic heterocycles. The van der Waals surface area contributed by atoms with Crippen LogP contribution in [-0.2, 0) is 11.3 Å². The molecule has 1 aromatic rings. The van der Waals surface area contributed by atoms with E-state index < -0.39 is 0 Å². The average molecular weight is 343 g/mol. The summed E-state index contributed by atoms with van der Waals surface area (Å²) in [5.74, 6) is 0.241. The lowest BCUT2D eigenvalue weighted by Crippen LogP contribution is -3.00. The molecule has 2 heterocycles. The van der Waals surface area contributed by atoms with Crippen LogP contribution in [0.3, 0.4) is 0 Å². The number of rotatable bonds is 5. The van der Waals surface area contributed by atoms with Gasteiger partial charge >= 0.3 is 0 Å². The summed E-state index contributed by atoms with van der Waals surface area (Å²) in [7, 11) is 0. The van der Waals surface area contributed by atoms with Gasteiger partial charge in [-0.2, -0.15) is 0 Å². The highest BCUT2D eigenvalue weighted by atomic mass is 79.9. The summed E-state index contributed by atoms with van der Waals surface area (Å²) < 4.78 is 2.14. The Balaban J connectivity index is 0.00000200. The number of nitrogens with zero attached hydrogens (tertiary/aromatic N) is 2. The monoisotopic (exact) mass is 342 g/mol. The van der Waals surface area contributed by atoms with E-state index in [1.54, 1.807) is 0 Å². The Hall–Kier alpha value is -0.940. The minimum Gasteiger partial charge on any atom is -1.00 e. The third-order valence-electron chi connectivity index (χ3n) is 3.65. The summed E-state index contributed by atoms with van der Waals surface area (Å²) in [6.07, 6.45) is 7.93. The predicted molar refractivity (Wildman–Crippen MR) is 72.3 cm³/mol. The third-order valence-corrected chi connectivity index (χ3v) is 3.65. The second kappa shape index (κ2) is 9.08. The van der Waals surface area contributed by atoms with Gasteiger partial charge in [-0.15, -0.1) is 0 Å². The molecule has 1 amide bonds. The van der Waals surface area contributed by atoms with Gasteiger partial charge in [0.2, 0.25) is 5.91 Å². The van der Waals surface area contributed by atoms with Crippen molar-refractivity contribution in [3.05, 3.63) is 30.6 Å². The van der Waals surface area contributed by atoms with Crippen molar-refractivity contribution in [2.45, 2.75) is 44.8 Å². The smallest absolute Gasteiger partial charge is 0.222 e. The Bertz CT molecular complexity index is 392. The molecule has 1 saturated heterocycles. The van der Waals surface area contributed by atoms with Crippen LogP contribution >= 0.6 is 0 Å². The first kappa shape index (κ1) is 17.1. The predicted octanol–water partition coefficient (Wildman–Crippen LogP) is -1.87. The molecule has 0 bridgehead atoms. The minimum absolute atomic E-state index is 0. The first-order chi connectivity index (χ1) is 9.25. The lowest BCUT2D eigenvalue weighted by Gasteiger charge is -2.29. The van der Waals surface area contributed by atoms with Crippen molar-refractivity contribution in [3.63, 3.8) is 0 Å². The molecule has 0 aromatic carbocycles. The Morgan fingerprint density at radius 1 is 1.15 bits per heavy atom. The average Bonchev–Trinajstić information content (AvgIpc) is 2.45. The van der Waals surface area contributed by atoms with E-state index in [9.17, 15) is 9.90 Å². The van der Waals surface area contributed by atoms with Crippen LogP contribution in [0.2, 0.25) is 0 Å². The van der Waals surface area contributed by atoms with Crippen LogP contribution in [-0.4, -0.2) is 35.1 Å². The van der Waals surface area contributed by atoms with E-state index in [-0.39, 0.29) is 29.0 Å². The van der Waals surface area contributed by atoms with Crippen LogP contribution in [0.5, 0.6) is 0 Å². The molecule has 1 aliphatic rings. The number of carbonyl (C=O) groups excluding carboxylic acids is 1. The summed E-state index contributed by atoms with van der Waals surface area (Å²) >= 11 is 0. The van der Waals surface area contributed by atoms with Gasteiger partial charge in [0.25, 0.3) is 0 Å². The summed E-state index contributed by atoms with van der Waals surface area (Å²) in [4.78, 5) is 13.8. The van der Waals surface area contributed by atoms with E-state index >= 15 is 0 Å². The van der Waals surface area contributed by atoms with Crippen molar-refractivity contribution in [2.24, 2.45) is 0 Å². The number of carbonyl (C=O) groups is 1. The van der Waals surface area contributed by atoms with E-state index in [2.05, 4.69) is 4.57 Å². The summed E-state index contributed by atoms with van der Waals surface area (Å²) in [5.41, 5.74) is 0. The van der Waals surface area contributed by atoms with Gasteiger partial charge in [0.1, 0.15) is 6.54 Å². The topological polar surface area (TPSA) is 44.4 Å². The van der Waals surface area contributed by atoms with Crippen LogP contribution in [0.1, 0.15) is 32.1 Å². The molecule has 4 nitrogen and oxygen atoms in total. The molecule has 5 heteroatoms. The van der Waals surface area contributed by atoms with Crippen LogP contribution in [0.25, 0.3) is 0 Å². The fourth-order valence-corrected chi connectivity index (χ4v) is 2.43. The van der Waals surface area contributed by atoms with Crippen molar-refractivity contribution in [3.8, 4) is 0 Å². The normalized spacial score (nSPS) is 15.8. The maximum atomic E-state index is 12.0. The zero-order valence-electron chi connectivity index (χ0n) is 11.7. The third kappa shape index (κ3) is 5.59. The van der Waals surface area contributed by atoms with Crippen LogP contribution in [0, 0.1) is 0 Å². The fraction of sp³-hybridized carbons (Fsp3) is 0.600. The molecule has 20 heavy (non-hydrogen) atoms. The van der Waals surface area contributed by atoms with Crippen molar-refractivity contribution in [1.29, 1.82) is 0 Å². The van der Waals surface area contributed by atoms with Crippen molar-refractivity contribution >= 4 is 5.91 Å². The molecule has 112 valence electrons. The highest BCUT2D eigenvalue weighted by Crippen LogP contribution is 2.12. The molecule has 1 N–H and O–H groups in total. The van der Waals surface area contributed by atoms with Crippen LogP contribution < -0.4 is 21.5 Å². The number of piperidine rings is 1. The number of halogens is 1. The Morgan fingerprint density at radius 3 is 2.45 bits per heavy atom. The number of hydrogen-bond donors (Lipinski definition) is 1. The Morgan fingerprint density at radius 2 is 1.80 bits per heavy atom. The second-order valence-corrected chi connectivity index (χ2v) is 5.18. The molecule has 1 fully saturated rings. The zero-order chi connectivity index (χ0) is 13.5. The molecule has 2 rings (SSSR count). The number of amides is 1. The maximum absolute atomic E-state index is 12.0. The Labute approximate surface area is 131 Å². The van der Waals surface area contributed by atoms with E-state index in [0.717, 1.165) is 32.2 Å². The number of aromatic nitrogens is 1. The van der Waals surface area contributed by atoms with Crippen LogP contribution in [0.4, 0.5) is 0 Å². The zero-order valence-corrected chi connectivity index (χ0v) is 13.3. The first-order valence-corrected chi connectivity index (χ1v) is 7.15. The van der Waals surface area contributed by atoms with Crippen molar-refractivity contribution in [1.82, 2.24) is 4.90 Å². The molecule has 0 radical (unpaired) electrons. The van der Waals surface area contributed by atoms with Gasteiger partial charge in [-0.25, -0.2) is 4.57 Å². The van der Waals surface area contributed by atoms with Crippen molar-refractivity contribution < 1.29 is 31.4 Å². The highest BCUT2D eigenvalue weighted by Gasteiger charge is 2.20. The molecule has 0 saturated carbocycles. The molecule has 0 spiro atoms. The number of aliphatic hydroxyl groups is 1. The molecule has 1 aromatic heterocycles. The van der Waals surface area contributed by atoms with Gasteiger partial charge in [0.15, 0.2) is 12.4 Å². The highest BCUT2D eigenvalue weighted by molar-refractivity contribution is 5.76. The van der Waals surface area contributed by atoms with Gasteiger partial charge in [-0.05, 0) is 19.3 Å². The van der Waals surface area contributed by atoms with Gasteiger partial charge in [0.05, 0.1) is 6.10 Å². The lowest BCUT2D eigenvalue weighted by atomic mass is 10.1. The standard InChI is InChI=1S/C15H23N2O2.BrH/c18-14-7-12-17(13-8-14)15(19)6-2-5-11-16-9-3-1-4-10-16;/h1,3-4,9-10,14,18H,2,5-8,11-13H2;1H/q+1;/p-1. The van der Waals surface area contributed by atoms with Gasteiger partial charge < -0.3 is 27.0 Å². The van der Waals surface area contributed by atoms with E-state index in [1.165, 1.54) is 0 Å². The van der Waals surface area contributed by atoms with Gasteiger partial charge in [-0.1, -0.05) is 6.07 Å². The maximum Gasteiger partial charge on any atom is 0.222 e. The number of aliphatic hydroxyl groups excluding tert-OH is 1. The molecule has 0 atom stereocenters. The number of aryl methyl sites for hydroxylation is 1. The van der Waals surface area contributed by atoms with Gasteiger partial charge in [0, 0.05) is 38.1 Å². The molecular formula is C15H23BrN2O2. The molecular weight excluding hydrogens is 320 g/mol. The number of unbranched alkanes of at least 4 members (excludes halogenated alkanes) is 1. The second-order valence-electron chi connectivity index (χ2n) is 5.18. The minimum atomic E-state index is -0.210. The number of likely N-dealkylation sites (tertiary alicyclic amines) is 1. The van der Waals surface area contributed by atoms with Crippen LogP contribution in [0.15, 0.2) is 30.6 Å². The van der Waals surface area contributed by atoms with E-state index in [0.29, 0.717) is 19.5 Å². The molecule has 0 aliphatic carbocycles. The summed E-state index contributed by atoms with van der Waals surface area (Å²) in [5, 5.41) is 9.41.